The van der Waals surface area contributed by atoms with Crippen LogP contribution in [0.5, 0.6) is 11.5 Å². The van der Waals surface area contributed by atoms with E-state index in [0.717, 1.165) is 36.4 Å². The van der Waals surface area contributed by atoms with E-state index in [0.29, 0.717) is 25.3 Å². The van der Waals surface area contributed by atoms with Gasteiger partial charge in [-0.05, 0) is 30.3 Å². The average Bonchev–Trinajstić information content (AvgIpc) is 3.17. The van der Waals surface area contributed by atoms with Gasteiger partial charge in [-0.25, -0.2) is 22.0 Å². The van der Waals surface area contributed by atoms with E-state index in [4.69, 9.17) is 14.2 Å². The molecule has 5 nitrogen and oxygen atoms in total. The SMILES string of the molecule is O=C(c1cc2c(cc1F)OC(c1ccc(F)cc1F)(c1ccc(F)cc1F)O2)N1CCOCC1. The number of fused-ring (bicyclic) bond motifs is 1. The second-order valence-corrected chi connectivity index (χ2v) is 7.75. The van der Waals surface area contributed by atoms with Crippen LogP contribution in [0.4, 0.5) is 22.0 Å². The minimum Gasteiger partial charge on any atom is -0.440 e. The first-order chi connectivity index (χ1) is 16.3. The molecule has 1 saturated heterocycles. The fourth-order valence-corrected chi connectivity index (χ4v) is 4.00. The highest BCUT2D eigenvalue weighted by Crippen LogP contribution is 2.49. The van der Waals surface area contributed by atoms with E-state index in [2.05, 4.69) is 0 Å². The van der Waals surface area contributed by atoms with E-state index in [9.17, 15) is 26.7 Å². The Morgan fingerprint density at radius 2 is 1.26 bits per heavy atom. The lowest BCUT2D eigenvalue weighted by Crippen LogP contribution is -2.41. The minimum atomic E-state index is -2.37. The number of ether oxygens (including phenoxy) is 3. The number of amides is 1. The quantitative estimate of drug-likeness (QED) is 0.521. The second-order valence-electron chi connectivity index (χ2n) is 7.75. The third-order valence-corrected chi connectivity index (χ3v) is 5.64. The Bertz CT molecular complexity index is 1240. The third kappa shape index (κ3) is 3.63. The molecule has 34 heavy (non-hydrogen) atoms. The van der Waals surface area contributed by atoms with Crippen molar-refractivity contribution in [3.8, 4) is 11.5 Å². The highest BCUT2D eigenvalue weighted by atomic mass is 19.1. The van der Waals surface area contributed by atoms with Crippen molar-refractivity contribution in [3.63, 3.8) is 0 Å². The molecule has 176 valence electrons. The molecule has 0 aromatic heterocycles. The molecule has 1 amide bonds. The van der Waals surface area contributed by atoms with Crippen molar-refractivity contribution in [1.29, 1.82) is 0 Å². The second kappa shape index (κ2) is 8.28. The van der Waals surface area contributed by atoms with Gasteiger partial charge in [-0.1, -0.05) is 0 Å². The van der Waals surface area contributed by atoms with Crippen molar-refractivity contribution < 1.29 is 41.0 Å². The van der Waals surface area contributed by atoms with Crippen molar-refractivity contribution in [3.05, 3.63) is 94.3 Å². The summed E-state index contributed by atoms with van der Waals surface area (Å²) in [7, 11) is 0. The van der Waals surface area contributed by atoms with Gasteiger partial charge < -0.3 is 19.1 Å². The minimum absolute atomic E-state index is 0.176. The molecule has 0 unspecified atom stereocenters. The Hall–Kier alpha value is -3.66. The van der Waals surface area contributed by atoms with Crippen LogP contribution in [0.3, 0.4) is 0 Å². The van der Waals surface area contributed by atoms with Crippen LogP contribution in [-0.2, 0) is 10.5 Å². The summed E-state index contributed by atoms with van der Waals surface area (Å²) in [5, 5.41) is 0. The number of rotatable bonds is 3. The standard InChI is InChI=1S/C24H16F5NO4/c25-13-1-3-16(19(28)9-13)24(17-4-2-14(26)10-20(17)29)33-21-11-15(18(27)12-22(21)34-24)23(31)30-5-7-32-8-6-30/h1-4,9-12H,5-8H2. The maximum Gasteiger partial charge on any atom is 0.311 e. The normalized spacial score (nSPS) is 16.6. The molecule has 1 fully saturated rings. The van der Waals surface area contributed by atoms with Crippen molar-refractivity contribution in [1.82, 2.24) is 4.90 Å². The van der Waals surface area contributed by atoms with Gasteiger partial charge in [-0.3, -0.25) is 4.79 Å². The molecule has 5 rings (SSSR count). The first kappa shape index (κ1) is 22.1. The van der Waals surface area contributed by atoms with Gasteiger partial charge in [-0.2, -0.15) is 0 Å². The number of carbonyl (C=O) groups excluding carboxylic acids is 1. The highest BCUT2D eigenvalue weighted by molar-refractivity contribution is 5.95. The van der Waals surface area contributed by atoms with Crippen LogP contribution in [-0.4, -0.2) is 37.1 Å². The van der Waals surface area contributed by atoms with Crippen LogP contribution in [0.2, 0.25) is 0 Å². The first-order valence-electron chi connectivity index (χ1n) is 10.3. The fourth-order valence-electron chi connectivity index (χ4n) is 4.00. The number of halogens is 5. The fraction of sp³-hybridized carbons (Fsp3) is 0.208. The van der Waals surface area contributed by atoms with Crippen LogP contribution in [0.15, 0.2) is 48.5 Å². The number of benzene rings is 3. The molecular weight excluding hydrogens is 461 g/mol. The van der Waals surface area contributed by atoms with Gasteiger partial charge in [-0.15, -0.1) is 0 Å². The lowest BCUT2D eigenvalue weighted by Gasteiger charge is -2.29. The number of nitrogens with zero attached hydrogens (tertiary/aromatic N) is 1. The van der Waals surface area contributed by atoms with Crippen molar-refractivity contribution in [2.45, 2.75) is 5.79 Å². The molecule has 2 heterocycles. The third-order valence-electron chi connectivity index (χ3n) is 5.64. The molecule has 2 aliphatic rings. The largest absolute Gasteiger partial charge is 0.440 e. The number of carbonyl (C=O) groups is 1. The summed E-state index contributed by atoms with van der Waals surface area (Å²) in [5.41, 5.74) is -1.20. The van der Waals surface area contributed by atoms with E-state index >= 15 is 0 Å². The summed E-state index contributed by atoms with van der Waals surface area (Å²) in [6.07, 6.45) is 0. The Morgan fingerprint density at radius 1 is 0.735 bits per heavy atom. The van der Waals surface area contributed by atoms with Crippen LogP contribution >= 0.6 is 0 Å². The smallest absolute Gasteiger partial charge is 0.311 e. The van der Waals surface area contributed by atoms with Crippen LogP contribution in [0, 0.1) is 29.1 Å². The molecule has 10 heteroatoms. The highest BCUT2D eigenvalue weighted by Gasteiger charge is 2.50. The van der Waals surface area contributed by atoms with Gasteiger partial charge in [0.25, 0.3) is 5.91 Å². The van der Waals surface area contributed by atoms with Crippen molar-refractivity contribution in [2.24, 2.45) is 0 Å². The maximum atomic E-state index is 14.9. The lowest BCUT2D eigenvalue weighted by molar-refractivity contribution is -0.0516. The zero-order valence-electron chi connectivity index (χ0n) is 17.4. The number of hydrogen-bond donors (Lipinski definition) is 0. The molecule has 3 aromatic carbocycles. The topological polar surface area (TPSA) is 48.0 Å². The zero-order chi connectivity index (χ0) is 24.0. The van der Waals surface area contributed by atoms with Crippen LogP contribution in [0.25, 0.3) is 0 Å². The Balaban J connectivity index is 1.62. The van der Waals surface area contributed by atoms with Crippen LogP contribution in [0.1, 0.15) is 21.5 Å². The molecule has 3 aromatic rings. The van der Waals surface area contributed by atoms with Gasteiger partial charge in [0.15, 0.2) is 11.5 Å². The lowest BCUT2D eigenvalue weighted by atomic mass is 9.96. The molecule has 0 spiro atoms. The number of morpholine rings is 1. The van der Waals surface area contributed by atoms with E-state index in [-0.39, 0.29) is 30.2 Å². The van der Waals surface area contributed by atoms with Gasteiger partial charge >= 0.3 is 5.79 Å². The zero-order valence-corrected chi connectivity index (χ0v) is 17.4. The van der Waals surface area contributed by atoms with E-state index < -0.39 is 51.9 Å². The summed E-state index contributed by atoms with van der Waals surface area (Å²) in [6, 6.07) is 6.81. The summed E-state index contributed by atoms with van der Waals surface area (Å²) in [6.45, 7) is 1.12. The van der Waals surface area contributed by atoms with Gasteiger partial charge in [0.1, 0.15) is 29.1 Å². The first-order valence-corrected chi connectivity index (χ1v) is 10.3. The summed E-state index contributed by atoms with van der Waals surface area (Å²) in [5.74, 6) is -8.44. The average molecular weight is 477 g/mol. The molecule has 0 radical (unpaired) electrons. The van der Waals surface area contributed by atoms with E-state index in [1.54, 1.807) is 0 Å². The monoisotopic (exact) mass is 477 g/mol. The summed E-state index contributed by atoms with van der Waals surface area (Å²) < 4.78 is 88.5. The Labute approximate surface area is 190 Å². The summed E-state index contributed by atoms with van der Waals surface area (Å²) in [4.78, 5) is 14.2. The molecule has 0 aliphatic carbocycles. The molecule has 0 saturated carbocycles. The molecule has 0 N–H and O–H groups in total. The molecule has 0 atom stereocenters. The van der Waals surface area contributed by atoms with Gasteiger partial charge in [0.2, 0.25) is 0 Å². The Kier molecular flexibility index (Phi) is 5.40. The summed E-state index contributed by atoms with van der Waals surface area (Å²) >= 11 is 0. The number of hydrogen-bond acceptors (Lipinski definition) is 4. The predicted octanol–water partition coefficient (Wildman–Crippen LogP) is 4.53. The molecule has 0 bridgehead atoms. The van der Waals surface area contributed by atoms with Gasteiger partial charge in [0, 0.05) is 31.3 Å². The van der Waals surface area contributed by atoms with Crippen molar-refractivity contribution in [2.75, 3.05) is 26.3 Å². The van der Waals surface area contributed by atoms with E-state index in [1.807, 2.05) is 0 Å². The van der Waals surface area contributed by atoms with Gasteiger partial charge in [0.05, 0.1) is 29.9 Å². The van der Waals surface area contributed by atoms with Crippen LogP contribution < -0.4 is 9.47 Å². The molecular formula is C24H16F5NO4. The van der Waals surface area contributed by atoms with Crippen molar-refractivity contribution >= 4 is 5.91 Å². The predicted molar refractivity (Wildman–Crippen MR) is 108 cm³/mol. The Morgan fingerprint density at radius 3 is 1.79 bits per heavy atom. The molecule has 2 aliphatic heterocycles. The van der Waals surface area contributed by atoms with E-state index in [1.165, 1.54) is 4.90 Å². The maximum absolute atomic E-state index is 14.9.